The Labute approximate surface area is 127 Å². The summed E-state index contributed by atoms with van der Waals surface area (Å²) in [6, 6.07) is 7.52. The third kappa shape index (κ3) is 4.76. The smallest absolute Gasteiger partial charge is 0.0802 e. The molecule has 1 aliphatic rings. The van der Waals surface area contributed by atoms with Crippen molar-refractivity contribution in [2.45, 2.75) is 45.1 Å². The number of aliphatic hydroxyl groups excluding tert-OH is 1. The summed E-state index contributed by atoms with van der Waals surface area (Å²) < 4.78 is 0. The molecule has 0 radical (unpaired) electrons. The van der Waals surface area contributed by atoms with Crippen LogP contribution < -0.4 is 0 Å². The van der Waals surface area contributed by atoms with E-state index in [9.17, 15) is 5.11 Å². The summed E-state index contributed by atoms with van der Waals surface area (Å²) in [4.78, 5) is 2.49. The standard InChI is InChI=1S/C17H26ClNO/c1-2-3-14-8-11-19(12-9-14)13-10-17(20)15-4-6-16(18)7-5-15/h4-7,14,17,20H,2-3,8-13H2,1H3. The van der Waals surface area contributed by atoms with Crippen molar-refractivity contribution in [3.8, 4) is 0 Å². The van der Waals surface area contributed by atoms with Gasteiger partial charge in [-0.25, -0.2) is 0 Å². The quantitative estimate of drug-likeness (QED) is 0.847. The summed E-state index contributed by atoms with van der Waals surface area (Å²) in [5.41, 5.74) is 0.968. The summed E-state index contributed by atoms with van der Waals surface area (Å²) >= 11 is 5.86. The summed E-state index contributed by atoms with van der Waals surface area (Å²) in [5.74, 6) is 0.928. The number of aliphatic hydroxyl groups is 1. The molecule has 1 fully saturated rings. The first kappa shape index (κ1) is 15.8. The zero-order valence-corrected chi connectivity index (χ0v) is 13.1. The van der Waals surface area contributed by atoms with Crippen LogP contribution in [0, 0.1) is 5.92 Å². The molecule has 1 unspecified atom stereocenters. The van der Waals surface area contributed by atoms with Crippen LogP contribution in [0.5, 0.6) is 0 Å². The molecule has 2 rings (SSSR count). The molecular formula is C17H26ClNO. The molecule has 1 aromatic carbocycles. The van der Waals surface area contributed by atoms with Crippen molar-refractivity contribution < 1.29 is 5.11 Å². The van der Waals surface area contributed by atoms with Crippen LogP contribution in [0.4, 0.5) is 0 Å². The van der Waals surface area contributed by atoms with Crippen LogP contribution in [-0.2, 0) is 0 Å². The molecule has 1 aromatic rings. The number of hydrogen-bond acceptors (Lipinski definition) is 2. The van der Waals surface area contributed by atoms with Gasteiger partial charge in [-0.2, -0.15) is 0 Å². The van der Waals surface area contributed by atoms with Gasteiger partial charge < -0.3 is 10.0 Å². The van der Waals surface area contributed by atoms with Crippen molar-refractivity contribution in [3.63, 3.8) is 0 Å². The molecule has 2 nitrogen and oxygen atoms in total. The monoisotopic (exact) mass is 295 g/mol. The number of hydrogen-bond donors (Lipinski definition) is 1. The van der Waals surface area contributed by atoms with Gasteiger partial charge >= 0.3 is 0 Å². The Bertz CT molecular complexity index is 384. The van der Waals surface area contributed by atoms with Crippen LogP contribution in [-0.4, -0.2) is 29.6 Å². The lowest BCUT2D eigenvalue weighted by Crippen LogP contribution is -2.34. The summed E-state index contributed by atoms with van der Waals surface area (Å²) in [6.45, 7) is 5.65. The van der Waals surface area contributed by atoms with E-state index in [1.807, 2.05) is 24.3 Å². The van der Waals surface area contributed by atoms with Crippen LogP contribution >= 0.6 is 11.6 Å². The van der Waals surface area contributed by atoms with E-state index in [-0.39, 0.29) is 6.10 Å². The predicted molar refractivity (Wildman–Crippen MR) is 85.1 cm³/mol. The largest absolute Gasteiger partial charge is 0.388 e. The van der Waals surface area contributed by atoms with Gasteiger partial charge in [0.25, 0.3) is 0 Å². The van der Waals surface area contributed by atoms with Crippen LogP contribution in [0.15, 0.2) is 24.3 Å². The van der Waals surface area contributed by atoms with Gasteiger partial charge in [-0.3, -0.25) is 0 Å². The normalized spacial score (nSPS) is 19.1. The maximum atomic E-state index is 10.2. The molecule has 1 atom stereocenters. The van der Waals surface area contributed by atoms with E-state index in [2.05, 4.69) is 11.8 Å². The zero-order chi connectivity index (χ0) is 14.4. The highest BCUT2D eigenvalue weighted by Crippen LogP contribution is 2.24. The minimum Gasteiger partial charge on any atom is -0.388 e. The topological polar surface area (TPSA) is 23.5 Å². The van der Waals surface area contributed by atoms with Gasteiger partial charge in [0.05, 0.1) is 6.10 Å². The minimum atomic E-state index is -0.374. The third-order valence-electron chi connectivity index (χ3n) is 4.38. The fourth-order valence-corrected chi connectivity index (χ4v) is 3.19. The van der Waals surface area contributed by atoms with Crippen molar-refractivity contribution in [2.75, 3.05) is 19.6 Å². The maximum absolute atomic E-state index is 10.2. The van der Waals surface area contributed by atoms with E-state index in [0.29, 0.717) is 0 Å². The number of benzene rings is 1. The van der Waals surface area contributed by atoms with Crippen molar-refractivity contribution >= 4 is 11.6 Å². The molecule has 1 heterocycles. The summed E-state index contributed by atoms with van der Waals surface area (Å²) in [6.07, 6.45) is 5.76. The lowest BCUT2D eigenvalue weighted by atomic mass is 9.92. The Balaban J connectivity index is 1.71. The second-order valence-electron chi connectivity index (χ2n) is 5.93. The Morgan fingerprint density at radius 2 is 1.90 bits per heavy atom. The molecule has 3 heteroatoms. The van der Waals surface area contributed by atoms with E-state index in [0.717, 1.165) is 29.5 Å². The molecule has 1 saturated heterocycles. The van der Waals surface area contributed by atoms with Crippen LogP contribution in [0.2, 0.25) is 5.02 Å². The van der Waals surface area contributed by atoms with E-state index in [1.165, 1.54) is 38.8 Å². The fourth-order valence-electron chi connectivity index (χ4n) is 3.06. The molecule has 0 amide bonds. The summed E-state index contributed by atoms with van der Waals surface area (Å²) in [5, 5.41) is 10.9. The average molecular weight is 296 g/mol. The van der Waals surface area contributed by atoms with Crippen molar-refractivity contribution in [1.29, 1.82) is 0 Å². The third-order valence-corrected chi connectivity index (χ3v) is 4.63. The van der Waals surface area contributed by atoms with Gasteiger partial charge in [-0.1, -0.05) is 43.5 Å². The van der Waals surface area contributed by atoms with Crippen molar-refractivity contribution in [3.05, 3.63) is 34.9 Å². The Morgan fingerprint density at radius 1 is 1.25 bits per heavy atom. The second-order valence-corrected chi connectivity index (χ2v) is 6.37. The highest BCUT2D eigenvalue weighted by Gasteiger charge is 2.19. The molecule has 1 aliphatic heterocycles. The zero-order valence-electron chi connectivity index (χ0n) is 12.4. The molecule has 0 saturated carbocycles. The highest BCUT2D eigenvalue weighted by atomic mass is 35.5. The Hall–Kier alpha value is -0.570. The van der Waals surface area contributed by atoms with Gasteiger partial charge in [0.2, 0.25) is 0 Å². The van der Waals surface area contributed by atoms with Gasteiger partial charge in [0.15, 0.2) is 0 Å². The first-order chi connectivity index (χ1) is 9.69. The van der Waals surface area contributed by atoms with Crippen LogP contribution in [0.1, 0.15) is 50.7 Å². The van der Waals surface area contributed by atoms with Gasteiger partial charge in [0.1, 0.15) is 0 Å². The number of piperidine rings is 1. The first-order valence-corrected chi connectivity index (χ1v) is 8.22. The van der Waals surface area contributed by atoms with E-state index >= 15 is 0 Å². The molecule has 112 valence electrons. The van der Waals surface area contributed by atoms with Crippen molar-refractivity contribution in [1.82, 2.24) is 4.90 Å². The SMILES string of the molecule is CCCC1CCN(CCC(O)c2ccc(Cl)cc2)CC1. The molecule has 1 N–H and O–H groups in total. The molecule has 0 aromatic heterocycles. The number of rotatable bonds is 6. The minimum absolute atomic E-state index is 0.374. The Morgan fingerprint density at radius 3 is 2.50 bits per heavy atom. The molecule has 0 bridgehead atoms. The molecule has 0 aliphatic carbocycles. The number of halogens is 1. The van der Waals surface area contributed by atoms with Crippen LogP contribution in [0.25, 0.3) is 0 Å². The average Bonchev–Trinajstić information content (AvgIpc) is 2.47. The lowest BCUT2D eigenvalue weighted by Gasteiger charge is -2.32. The predicted octanol–water partition coefficient (Wildman–Crippen LogP) is 4.28. The van der Waals surface area contributed by atoms with E-state index < -0.39 is 0 Å². The van der Waals surface area contributed by atoms with Gasteiger partial charge in [-0.05, 0) is 56.0 Å². The molecule has 20 heavy (non-hydrogen) atoms. The summed E-state index contributed by atoms with van der Waals surface area (Å²) in [7, 11) is 0. The fraction of sp³-hybridized carbons (Fsp3) is 0.647. The first-order valence-electron chi connectivity index (χ1n) is 7.85. The van der Waals surface area contributed by atoms with E-state index in [4.69, 9.17) is 11.6 Å². The highest BCUT2D eigenvalue weighted by molar-refractivity contribution is 6.30. The second kappa shape index (κ2) is 8.02. The van der Waals surface area contributed by atoms with Gasteiger partial charge in [0, 0.05) is 11.6 Å². The number of nitrogens with zero attached hydrogens (tertiary/aromatic N) is 1. The van der Waals surface area contributed by atoms with E-state index in [1.54, 1.807) is 0 Å². The Kier molecular flexibility index (Phi) is 6.34. The lowest BCUT2D eigenvalue weighted by molar-refractivity contribution is 0.121. The molecule has 0 spiro atoms. The number of likely N-dealkylation sites (tertiary alicyclic amines) is 1. The van der Waals surface area contributed by atoms with Crippen LogP contribution in [0.3, 0.4) is 0 Å². The maximum Gasteiger partial charge on any atom is 0.0802 e. The van der Waals surface area contributed by atoms with Gasteiger partial charge in [-0.15, -0.1) is 0 Å². The molecular weight excluding hydrogens is 270 g/mol. The van der Waals surface area contributed by atoms with Crippen molar-refractivity contribution in [2.24, 2.45) is 5.92 Å².